The lowest BCUT2D eigenvalue weighted by atomic mass is 10.0. The Hall–Kier alpha value is -1.66. The highest BCUT2D eigenvalue weighted by Gasteiger charge is 2.30. The van der Waals surface area contributed by atoms with E-state index in [1.807, 2.05) is 11.4 Å². The second-order valence-corrected chi connectivity index (χ2v) is 7.54. The second kappa shape index (κ2) is 6.09. The van der Waals surface area contributed by atoms with Crippen LogP contribution >= 0.6 is 11.3 Å². The van der Waals surface area contributed by atoms with Crippen LogP contribution in [-0.2, 0) is 19.4 Å². The fourth-order valence-corrected chi connectivity index (χ4v) is 4.65. The fourth-order valence-electron chi connectivity index (χ4n) is 3.75. The maximum atomic E-state index is 11.2. The maximum absolute atomic E-state index is 11.2. The molecule has 0 radical (unpaired) electrons. The predicted molar refractivity (Wildman–Crippen MR) is 90.5 cm³/mol. The number of hydrogen-bond acceptors (Lipinski definition) is 4. The van der Waals surface area contributed by atoms with E-state index in [4.69, 9.17) is 10.7 Å². The van der Waals surface area contributed by atoms with Gasteiger partial charge in [0.25, 0.3) is 0 Å². The number of imidazole rings is 1. The second-order valence-electron chi connectivity index (χ2n) is 6.55. The number of thiophene rings is 1. The summed E-state index contributed by atoms with van der Waals surface area (Å²) in [5.74, 6) is 0.797. The first-order valence-corrected chi connectivity index (χ1v) is 9.27. The molecule has 4 rings (SSSR count). The summed E-state index contributed by atoms with van der Waals surface area (Å²) in [5.41, 5.74) is 8.60. The number of nitrogens with zero attached hydrogens (tertiary/aromatic N) is 2. The summed E-state index contributed by atoms with van der Waals surface area (Å²) < 4.78 is 0. The molecule has 3 heterocycles. The molecule has 0 saturated carbocycles. The maximum Gasteiger partial charge on any atom is 0.249 e. The fraction of sp³-hybridized carbons (Fsp3) is 0.529. The van der Waals surface area contributed by atoms with Crippen molar-refractivity contribution >= 4 is 17.2 Å². The van der Waals surface area contributed by atoms with Gasteiger partial charge in [0.1, 0.15) is 5.82 Å². The Kier molecular flexibility index (Phi) is 3.95. The molecule has 1 fully saturated rings. The Balaban J connectivity index is 1.51. The number of nitrogens with two attached hydrogens (primary N) is 1. The standard InChI is InChI=1S/C17H22N4OS/c18-16(22)11-8-12(23-10-11)9-21-7-3-6-15(21)17-19-13-4-1-2-5-14(13)20-17/h8,10,15H,1-7,9H2,(H2,18,22)(H,19,20)/t15-/m0/s1. The summed E-state index contributed by atoms with van der Waals surface area (Å²) in [7, 11) is 0. The number of fused-ring (bicyclic) bond motifs is 1. The number of carbonyl (C=O) groups excluding carboxylic acids is 1. The summed E-state index contributed by atoms with van der Waals surface area (Å²) in [6, 6.07) is 2.30. The molecule has 0 bridgehead atoms. The Morgan fingerprint density at radius 1 is 1.39 bits per heavy atom. The van der Waals surface area contributed by atoms with Crippen molar-refractivity contribution in [2.45, 2.75) is 51.1 Å². The van der Waals surface area contributed by atoms with E-state index in [9.17, 15) is 4.79 Å². The topological polar surface area (TPSA) is 75.0 Å². The smallest absolute Gasteiger partial charge is 0.249 e. The molecular weight excluding hydrogens is 308 g/mol. The molecule has 2 aromatic heterocycles. The number of primary amides is 1. The zero-order chi connectivity index (χ0) is 15.8. The van der Waals surface area contributed by atoms with Gasteiger partial charge in [-0.05, 0) is 51.1 Å². The van der Waals surface area contributed by atoms with Crippen molar-refractivity contribution in [3.05, 3.63) is 39.1 Å². The van der Waals surface area contributed by atoms with Crippen molar-refractivity contribution < 1.29 is 4.79 Å². The Labute approximate surface area is 139 Å². The van der Waals surface area contributed by atoms with Crippen LogP contribution in [0.1, 0.15) is 64.2 Å². The molecule has 5 nitrogen and oxygen atoms in total. The van der Waals surface area contributed by atoms with Crippen LogP contribution < -0.4 is 5.73 Å². The van der Waals surface area contributed by atoms with Gasteiger partial charge >= 0.3 is 0 Å². The number of hydrogen-bond donors (Lipinski definition) is 2. The zero-order valence-electron chi connectivity index (χ0n) is 13.2. The number of aromatic nitrogens is 2. The Bertz CT molecular complexity index is 697. The van der Waals surface area contributed by atoms with Crippen LogP contribution in [0.5, 0.6) is 0 Å². The summed E-state index contributed by atoms with van der Waals surface area (Å²) >= 11 is 1.62. The Morgan fingerprint density at radius 3 is 3.04 bits per heavy atom. The van der Waals surface area contributed by atoms with Crippen LogP contribution in [-0.4, -0.2) is 27.3 Å². The van der Waals surface area contributed by atoms with Crippen molar-refractivity contribution in [1.29, 1.82) is 0 Å². The van der Waals surface area contributed by atoms with Gasteiger partial charge in [-0.15, -0.1) is 11.3 Å². The van der Waals surface area contributed by atoms with E-state index in [2.05, 4.69) is 9.88 Å². The van der Waals surface area contributed by atoms with Gasteiger partial charge in [0.15, 0.2) is 0 Å². The third kappa shape index (κ3) is 2.93. The molecule has 2 aromatic rings. The van der Waals surface area contributed by atoms with Crippen LogP contribution in [0.15, 0.2) is 11.4 Å². The Morgan fingerprint density at radius 2 is 2.26 bits per heavy atom. The highest BCUT2D eigenvalue weighted by Crippen LogP contribution is 2.34. The number of likely N-dealkylation sites (tertiary alicyclic amines) is 1. The number of amides is 1. The lowest BCUT2D eigenvalue weighted by Gasteiger charge is -2.22. The van der Waals surface area contributed by atoms with Crippen LogP contribution in [0.2, 0.25) is 0 Å². The van der Waals surface area contributed by atoms with Gasteiger partial charge in [-0.2, -0.15) is 0 Å². The molecule has 0 unspecified atom stereocenters. The van der Waals surface area contributed by atoms with Crippen LogP contribution in [0.4, 0.5) is 0 Å². The van der Waals surface area contributed by atoms with E-state index >= 15 is 0 Å². The molecule has 1 amide bonds. The highest BCUT2D eigenvalue weighted by molar-refractivity contribution is 7.10. The molecule has 1 aliphatic carbocycles. The minimum atomic E-state index is -0.343. The molecule has 23 heavy (non-hydrogen) atoms. The van der Waals surface area contributed by atoms with Crippen molar-refractivity contribution in [2.75, 3.05) is 6.54 Å². The van der Waals surface area contributed by atoms with Crippen molar-refractivity contribution in [2.24, 2.45) is 5.73 Å². The quantitative estimate of drug-likeness (QED) is 0.905. The summed E-state index contributed by atoms with van der Waals surface area (Å²) in [6.07, 6.45) is 7.14. The SMILES string of the molecule is NC(=O)c1csc(CN2CCC[C@H]2c2nc3c([nH]2)CCCC3)c1. The number of nitrogens with one attached hydrogen (secondary N) is 1. The van der Waals surface area contributed by atoms with Gasteiger partial charge in [-0.1, -0.05) is 0 Å². The molecule has 0 aromatic carbocycles. The van der Waals surface area contributed by atoms with E-state index in [-0.39, 0.29) is 5.91 Å². The summed E-state index contributed by atoms with van der Waals surface area (Å²) in [4.78, 5) is 23.4. The van der Waals surface area contributed by atoms with E-state index < -0.39 is 0 Å². The highest BCUT2D eigenvalue weighted by atomic mass is 32.1. The third-order valence-corrected chi connectivity index (χ3v) is 5.87. The minimum absolute atomic E-state index is 0.343. The number of aromatic amines is 1. The van der Waals surface area contributed by atoms with E-state index in [0.717, 1.165) is 38.2 Å². The van der Waals surface area contributed by atoms with E-state index in [1.54, 1.807) is 11.3 Å². The van der Waals surface area contributed by atoms with Crippen molar-refractivity contribution in [3.8, 4) is 0 Å². The normalized spacial score (nSPS) is 21.5. The lowest BCUT2D eigenvalue weighted by molar-refractivity contribution is 0.100. The van der Waals surface area contributed by atoms with Crippen molar-refractivity contribution in [1.82, 2.24) is 14.9 Å². The molecular formula is C17H22N4OS. The zero-order valence-corrected chi connectivity index (χ0v) is 14.0. The van der Waals surface area contributed by atoms with Gasteiger partial charge in [0.2, 0.25) is 5.91 Å². The summed E-state index contributed by atoms with van der Waals surface area (Å²) in [5, 5.41) is 1.86. The van der Waals surface area contributed by atoms with Crippen LogP contribution in [0, 0.1) is 0 Å². The van der Waals surface area contributed by atoms with E-state index in [1.165, 1.54) is 35.5 Å². The van der Waals surface area contributed by atoms with Crippen LogP contribution in [0.3, 0.4) is 0 Å². The van der Waals surface area contributed by atoms with Crippen molar-refractivity contribution in [3.63, 3.8) is 0 Å². The number of H-pyrrole nitrogens is 1. The van der Waals surface area contributed by atoms with Gasteiger partial charge in [-0.25, -0.2) is 4.98 Å². The minimum Gasteiger partial charge on any atom is -0.366 e. The van der Waals surface area contributed by atoms with Gasteiger partial charge in [-0.3, -0.25) is 9.69 Å². The van der Waals surface area contributed by atoms with Gasteiger partial charge in [0, 0.05) is 22.5 Å². The predicted octanol–water partition coefficient (Wildman–Crippen LogP) is 2.79. The molecule has 1 saturated heterocycles. The average molecular weight is 330 g/mol. The first-order valence-electron chi connectivity index (χ1n) is 8.39. The summed E-state index contributed by atoms with van der Waals surface area (Å²) in [6.45, 7) is 1.95. The van der Waals surface area contributed by atoms with E-state index in [0.29, 0.717) is 11.6 Å². The number of carbonyl (C=O) groups is 1. The molecule has 1 atom stereocenters. The molecule has 122 valence electrons. The first kappa shape index (κ1) is 14.9. The molecule has 0 spiro atoms. The molecule has 1 aliphatic heterocycles. The lowest BCUT2D eigenvalue weighted by Crippen LogP contribution is -2.23. The molecule has 2 aliphatic rings. The number of rotatable bonds is 4. The number of aryl methyl sites for hydroxylation is 2. The first-order chi connectivity index (χ1) is 11.2. The van der Waals surface area contributed by atoms with Gasteiger partial charge < -0.3 is 10.7 Å². The third-order valence-electron chi connectivity index (χ3n) is 4.95. The van der Waals surface area contributed by atoms with Gasteiger partial charge in [0.05, 0.1) is 17.3 Å². The largest absolute Gasteiger partial charge is 0.366 e. The van der Waals surface area contributed by atoms with Crippen LogP contribution in [0.25, 0.3) is 0 Å². The molecule has 3 N–H and O–H groups in total. The molecule has 6 heteroatoms. The monoisotopic (exact) mass is 330 g/mol. The average Bonchev–Trinajstić information content (AvgIpc) is 3.25.